The third kappa shape index (κ3) is 3.41. The van der Waals surface area contributed by atoms with E-state index >= 15 is 0 Å². The van der Waals surface area contributed by atoms with Gasteiger partial charge in [-0.15, -0.1) is 0 Å². The van der Waals surface area contributed by atoms with Crippen molar-refractivity contribution in [2.45, 2.75) is 44.9 Å². The van der Waals surface area contributed by atoms with Gasteiger partial charge in [-0.2, -0.15) is 5.10 Å². The molecule has 1 fully saturated rings. The van der Waals surface area contributed by atoms with Crippen LogP contribution in [-0.4, -0.2) is 70.3 Å². The van der Waals surface area contributed by atoms with E-state index in [2.05, 4.69) is 25.4 Å². The van der Waals surface area contributed by atoms with Crippen LogP contribution in [0.4, 0.5) is 5.82 Å². The number of aromatic nitrogens is 6. The van der Waals surface area contributed by atoms with Crippen LogP contribution in [0.3, 0.4) is 0 Å². The number of nitrogens with one attached hydrogen (secondary N) is 1. The van der Waals surface area contributed by atoms with Crippen molar-refractivity contribution in [1.82, 2.24) is 34.6 Å². The molecule has 12 nitrogen and oxygen atoms in total. The monoisotopic (exact) mass is 402 g/mol. The molecule has 0 radical (unpaired) electrons. The second-order valence-corrected chi connectivity index (χ2v) is 6.95. The first-order chi connectivity index (χ1) is 13.9. The number of ether oxygens (including phenoxy) is 1. The summed E-state index contributed by atoms with van der Waals surface area (Å²) in [5.41, 5.74) is 8.32. The van der Waals surface area contributed by atoms with Crippen molar-refractivity contribution < 1.29 is 19.7 Å². The number of anilines is 1. The summed E-state index contributed by atoms with van der Waals surface area (Å²) in [5, 5.41) is 27.8. The average molecular weight is 402 g/mol. The summed E-state index contributed by atoms with van der Waals surface area (Å²) in [6.45, 7) is 4.59. The molecular formula is C17H22N8O4. The van der Waals surface area contributed by atoms with Gasteiger partial charge in [0.05, 0.1) is 18.6 Å². The second kappa shape index (κ2) is 7.39. The van der Waals surface area contributed by atoms with Crippen molar-refractivity contribution in [2.24, 2.45) is 0 Å². The summed E-state index contributed by atoms with van der Waals surface area (Å²) in [4.78, 5) is 24.6. The van der Waals surface area contributed by atoms with Gasteiger partial charge in [-0.1, -0.05) is 0 Å². The van der Waals surface area contributed by atoms with Gasteiger partial charge in [0, 0.05) is 12.2 Å². The molecule has 0 saturated carbocycles. The number of nitrogens with two attached hydrogens (primary N) is 1. The minimum atomic E-state index is -1.41. The number of rotatable bonds is 5. The average Bonchev–Trinajstić information content (AvgIpc) is 3.33. The van der Waals surface area contributed by atoms with Crippen molar-refractivity contribution >= 4 is 22.9 Å². The maximum absolute atomic E-state index is 12.5. The molecule has 0 aliphatic carbocycles. The Hall–Kier alpha value is -3.09. The van der Waals surface area contributed by atoms with Gasteiger partial charge in [0.15, 0.2) is 23.8 Å². The van der Waals surface area contributed by atoms with Crippen molar-refractivity contribution in [3.63, 3.8) is 0 Å². The van der Waals surface area contributed by atoms with E-state index in [0.717, 1.165) is 11.4 Å². The standard InChI is InChI=1S/C17H22N8O4/c1-8-5-9(2)25(23-8)4-3-19-16(28)13-11(26)12(27)17(29-13)24-7-22-10-14(18)20-6-21-15(10)24/h5-7,11-13,17,26-27H,3-4H2,1-2H3,(H,19,28)(H2,18,20,21)/t11-,12+,13-,17+/m0/s1. The Labute approximate surface area is 165 Å². The van der Waals surface area contributed by atoms with E-state index in [0.29, 0.717) is 24.3 Å². The lowest BCUT2D eigenvalue weighted by Gasteiger charge is -2.16. The van der Waals surface area contributed by atoms with Crippen LogP contribution in [0.5, 0.6) is 0 Å². The number of aliphatic hydroxyl groups excluding tert-OH is 2. The minimum Gasteiger partial charge on any atom is -0.387 e. The topological polar surface area (TPSA) is 166 Å². The molecule has 3 aromatic heterocycles. The van der Waals surface area contributed by atoms with Gasteiger partial charge in [-0.3, -0.25) is 14.0 Å². The summed E-state index contributed by atoms with van der Waals surface area (Å²) in [6.07, 6.45) is -2.42. The summed E-state index contributed by atoms with van der Waals surface area (Å²) in [6, 6.07) is 1.94. The molecule has 0 spiro atoms. The molecule has 4 heterocycles. The number of carbonyl (C=O) groups excluding carboxylic acids is 1. The van der Waals surface area contributed by atoms with Gasteiger partial charge < -0.3 is 26.0 Å². The summed E-state index contributed by atoms with van der Waals surface area (Å²) >= 11 is 0. The third-order valence-electron chi connectivity index (χ3n) is 4.88. The molecule has 1 saturated heterocycles. The SMILES string of the molecule is Cc1cc(C)n(CCNC(=O)[C@H]2O[C@@H](n3cnc4c(N)ncnc43)[C@H](O)[C@@H]2O)n1. The molecule has 3 aromatic rings. The number of amides is 1. The number of aryl methyl sites for hydroxylation is 2. The highest BCUT2D eigenvalue weighted by molar-refractivity contribution is 5.82. The molecule has 4 rings (SSSR count). The zero-order chi connectivity index (χ0) is 20.7. The zero-order valence-electron chi connectivity index (χ0n) is 15.9. The molecule has 154 valence electrons. The number of carbonyl (C=O) groups is 1. The minimum absolute atomic E-state index is 0.181. The maximum atomic E-state index is 12.5. The Morgan fingerprint density at radius 3 is 2.79 bits per heavy atom. The van der Waals surface area contributed by atoms with Gasteiger partial charge in [0.2, 0.25) is 0 Å². The molecule has 1 amide bonds. The van der Waals surface area contributed by atoms with Gasteiger partial charge in [0.25, 0.3) is 5.91 Å². The highest BCUT2D eigenvalue weighted by atomic mass is 16.6. The first-order valence-electron chi connectivity index (χ1n) is 9.10. The zero-order valence-corrected chi connectivity index (χ0v) is 15.9. The Kier molecular flexibility index (Phi) is 4.90. The molecule has 4 atom stereocenters. The molecule has 1 aliphatic rings. The lowest BCUT2D eigenvalue weighted by Crippen LogP contribution is -2.43. The van der Waals surface area contributed by atoms with Crippen LogP contribution in [0.1, 0.15) is 17.6 Å². The lowest BCUT2D eigenvalue weighted by atomic mass is 10.1. The van der Waals surface area contributed by atoms with E-state index in [-0.39, 0.29) is 5.82 Å². The van der Waals surface area contributed by atoms with E-state index < -0.39 is 30.4 Å². The van der Waals surface area contributed by atoms with Gasteiger partial charge in [-0.05, 0) is 19.9 Å². The van der Waals surface area contributed by atoms with Crippen LogP contribution in [0.25, 0.3) is 11.2 Å². The van der Waals surface area contributed by atoms with E-state index in [1.54, 1.807) is 4.68 Å². The van der Waals surface area contributed by atoms with E-state index in [9.17, 15) is 15.0 Å². The fourth-order valence-corrected chi connectivity index (χ4v) is 3.45. The summed E-state index contributed by atoms with van der Waals surface area (Å²) in [7, 11) is 0. The Morgan fingerprint density at radius 2 is 2.07 bits per heavy atom. The van der Waals surface area contributed by atoms with Crippen molar-refractivity contribution in [2.75, 3.05) is 12.3 Å². The van der Waals surface area contributed by atoms with Gasteiger partial charge in [-0.25, -0.2) is 15.0 Å². The molecule has 29 heavy (non-hydrogen) atoms. The van der Waals surface area contributed by atoms with Crippen LogP contribution < -0.4 is 11.1 Å². The maximum Gasteiger partial charge on any atom is 0.252 e. The lowest BCUT2D eigenvalue weighted by molar-refractivity contribution is -0.137. The van der Waals surface area contributed by atoms with Crippen LogP contribution >= 0.6 is 0 Å². The molecular weight excluding hydrogens is 380 g/mol. The smallest absolute Gasteiger partial charge is 0.252 e. The molecule has 12 heteroatoms. The largest absolute Gasteiger partial charge is 0.387 e. The van der Waals surface area contributed by atoms with Gasteiger partial charge in [0.1, 0.15) is 24.1 Å². The highest BCUT2D eigenvalue weighted by Gasteiger charge is 2.47. The quantitative estimate of drug-likeness (QED) is 0.404. The van der Waals surface area contributed by atoms with Crippen molar-refractivity contribution in [3.8, 4) is 0 Å². The highest BCUT2D eigenvalue weighted by Crippen LogP contribution is 2.32. The molecule has 0 bridgehead atoms. The van der Waals surface area contributed by atoms with Crippen LogP contribution in [0.2, 0.25) is 0 Å². The normalized spacial score (nSPS) is 24.3. The number of hydrogen-bond donors (Lipinski definition) is 4. The predicted octanol–water partition coefficient (Wildman–Crippen LogP) is -1.34. The molecule has 1 aliphatic heterocycles. The number of nitrogen functional groups attached to an aromatic ring is 1. The number of fused-ring (bicyclic) bond motifs is 1. The molecule has 0 aromatic carbocycles. The third-order valence-corrected chi connectivity index (χ3v) is 4.88. The fraction of sp³-hybridized carbons (Fsp3) is 0.471. The van der Waals surface area contributed by atoms with Crippen LogP contribution in [0.15, 0.2) is 18.7 Å². The molecule has 0 unspecified atom stereocenters. The number of aliphatic hydroxyl groups is 2. The first kappa shape index (κ1) is 19.2. The number of hydrogen-bond acceptors (Lipinski definition) is 9. The second-order valence-electron chi connectivity index (χ2n) is 6.95. The molecule has 5 N–H and O–H groups in total. The van der Waals surface area contributed by atoms with Crippen molar-refractivity contribution in [1.29, 1.82) is 0 Å². The number of imidazole rings is 1. The predicted molar refractivity (Wildman–Crippen MR) is 100 cm³/mol. The Morgan fingerprint density at radius 1 is 1.28 bits per heavy atom. The summed E-state index contributed by atoms with van der Waals surface area (Å²) in [5.74, 6) is -0.348. The van der Waals surface area contributed by atoms with E-state index in [1.807, 2.05) is 19.9 Å². The first-order valence-corrected chi connectivity index (χ1v) is 9.10. The fourth-order valence-electron chi connectivity index (χ4n) is 3.45. The number of nitrogens with zero attached hydrogens (tertiary/aromatic N) is 6. The van der Waals surface area contributed by atoms with Crippen molar-refractivity contribution in [3.05, 3.63) is 30.1 Å². The van der Waals surface area contributed by atoms with E-state index in [1.165, 1.54) is 17.2 Å². The summed E-state index contributed by atoms with van der Waals surface area (Å²) < 4.78 is 8.86. The van der Waals surface area contributed by atoms with E-state index in [4.69, 9.17) is 10.5 Å². The Bertz CT molecular complexity index is 1050. The van der Waals surface area contributed by atoms with Gasteiger partial charge >= 0.3 is 0 Å². The van der Waals surface area contributed by atoms with Crippen LogP contribution in [0, 0.1) is 13.8 Å². The van der Waals surface area contributed by atoms with Crippen LogP contribution in [-0.2, 0) is 16.1 Å². The Balaban J connectivity index is 1.44.